The highest BCUT2D eigenvalue weighted by atomic mass is 19.1. The van der Waals surface area contributed by atoms with Gasteiger partial charge < -0.3 is 0 Å². The molecule has 0 atom stereocenters. The quantitative estimate of drug-likeness (QED) is 0.776. The van der Waals surface area contributed by atoms with Crippen molar-refractivity contribution in [3.8, 4) is 11.4 Å². The summed E-state index contributed by atoms with van der Waals surface area (Å²) in [6, 6.07) is 15.1. The Kier molecular flexibility index (Phi) is 3.42. The molecule has 0 aliphatic rings. The van der Waals surface area contributed by atoms with Gasteiger partial charge in [-0.25, -0.2) is 4.39 Å². The molecule has 0 aliphatic heterocycles. The van der Waals surface area contributed by atoms with E-state index in [9.17, 15) is 9.18 Å². The number of benzene rings is 2. The lowest BCUT2D eigenvalue weighted by Crippen LogP contribution is -2.14. The second-order valence-electron chi connectivity index (χ2n) is 4.31. The van der Waals surface area contributed by atoms with E-state index < -0.39 is 11.7 Å². The van der Waals surface area contributed by atoms with Crippen molar-refractivity contribution in [1.82, 2.24) is 15.2 Å². The Morgan fingerprint density at radius 1 is 1.05 bits per heavy atom. The van der Waals surface area contributed by atoms with Gasteiger partial charge in [0.15, 0.2) is 5.82 Å². The molecule has 0 aliphatic carbocycles. The van der Waals surface area contributed by atoms with Crippen LogP contribution in [0.4, 0.5) is 10.3 Å². The number of aromatic amines is 1. The summed E-state index contributed by atoms with van der Waals surface area (Å²) < 4.78 is 13.5. The predicted octanol–water partition coefficient (Wildman–Crippen LogP) is 2.86. The Labute approximate surface area is 119 Å². The van der Waals surface area contributed by atoms with Gasteiger partial charge in [0, 0.05) is 5.56 Å². The fraction of sp³-hybridized carbons (Fsp3) is 0. The van der Waals surface area contributed by atoms with Gasteiger partial charge in [0.2, 0.25) is 5.95 Å². The summed E-state index contributed by atoms with van der Waals surface area (Å²) in [4.78, 5) is 16.1. The van der Waals surface area contributed by atoms with E-state index >= 15 is 0 Å². The lowest BCUT2D eigenvalue weighted by molar-refractivity contribution is 0.102. The van der Waals surface area contributed by atoms with Crippen LogP contribution < -0.4 is 5.32 Å². The maximum atomic E-state index is 13.5. The maximum Gasteiger partial charge on any atom is 0.261 e. The average Bonchev–Trinajstić information content (AvgIpc) is 2.97. The number of nitrogens with zero attached hydrogens (tertiary/aromatic N) is 2. The van der Waals surface area contributed by atoms with Crippen molar-refractivity contribution >= 4 is 11.9 Å². The topological polar surface area (TPSA) is 70.7 Å². The Morgan fingerprint density at radius 3 is 2.52 bits per heavy atom. The van der Waals surface area contributed by atoms with Crippen LogP contribution in [0, 0.1) is 5.82 Å². The zero-order valence-electron chi connectivity index (χ0n) is 10.9. The molecule has 0 fully saturated rings. The molecule has 3 aromatic rings. The minimum absolute atomic E-state index is 0.0523. The third-order valence-corrected chi connectivity index (χ3v) is 2.88. The van der Waals surface area contributed by atoms with E-state index in [0.717, 1.165) is 5.56 Å². The van der Waals surface area contributed by atoms with Crippen molar-refractivity contribution in [1.29, 1.82) is 0 Å². The smallest absolute Gasteiger partial charge is 0.261 e. The van der Waals surface area contributed by atoms with E-state index in [1.807, 2.05) is 30.3 Å². The minimum atomic E-state index is -0.591. The van der Waals surface area contributed by atoms with E-state index in [-0.39, 0.29) is 11.5 Å². The zero-order valence-corrected chi connectivity index (χ0v) is 10.9. The van der Waals surface area contributed by atoms with Crippen molar-refractivity contribution < 1.29 is 9.18 Å². The number of halogens is 1. The fourth-order valence-electron chi connectivity index (χ4n) is 1.86. The molecule has 2 aromatic carbocycles. The van der Waals surface area contributed by atoms with Gasteiger partial charge in [0.25, 0.3) is 5.91 Å². The molecule has 104 valence electrons. The summed E-state index contributed by atoms with van der Waals surface area (Å²) in [5.74, 6) is -0.554. The first kappa shape index (κ1) is 13.0. The number of nitrogens with one attached hydrogen (secondary N) is 2. The molecule has 0 unspecified atom stereocenters. The highest BCUT2D eigenvalue weighted by molar-refractivity contribution is 6.03. The van der Waals surface area contributed by atoms with Crippen molar-refractivity contribution in [2.45, 2.75) is 0 Å². The standard InChI is InChI=1S/C15H11FN4O/c16-12-9-5-4-8-11(12)14(21)18-15-17-13(19-20-15)10-6-2-1-3-7-10/h1-9H,(H2,17,18,19,20,21). The molecule has 3 rings (SSSR count). The summed E-state index contributed by atoms with van der Waals surface area (Å²) in [6.45, 7) is 0. The summed E-state index contributed by atoms with van der Waals surface area (Å²) in [5, 5.41) is 9.08. The lowest BCUT2D eigenvalue weighted by Gasteiger charge is -2.01. The second kappa shape index (κ2) is 5.54. The van der Waals surface area contributed by atoms with Crippen molar-refractivity contribution in [2.75, 3.05) is 5.32 Å². The van der Waals surface area contributed by atoms with Crippen LogP contribution in [0.2, 0.25) is 0 Å². The van der Waals surface area contributed by atoms with E-state index in [1.165, 1.54) is 18.2 Å². The van der Waals surface area contributed by atoms with E-state index in [2.05, 4.69) is 20.5 Å². The minimum Gasteiger partial charge on any atom is -0.289 e. The van der Waals surface area contributed by atoms with Gasteiger partial charge in [-0.3, -0.25) is 15.2 Å². The third-order valence-electron chi connectivity index (χ3n) is 2.88. The summed E-state index contributed by atoms with van der Waals surface area (Å²) in [7, 11) is 0. The van der Waals surface area contributed by atoms with Gasteiger partial charge in [-0.05, 0) is 12.1 Å². The Balaban J connectivity index is 1.79. The normalized spacial score (nSPS) is 10.3. The monoisotopic (exact) mass is 282 g/mol. The largest absolute Gasteiger partial charge is 0.289 e. The van der Waals surface area contributed by atoms with Crippen LogP contribution in [0.15, 0.2) is 54.6 Å². The van der Waals surface area contributed by atoms with E-state index in [0.29, 0.717) is 5.82 Å². The first-order chi connectivity index (χ1) is 10.2. The highest BCUT2D eigenvalue weighted by Crippen LogP contribution is 2.15. The van der Waals surface area contributed by atoms with Crippen LogP contribution in [0.25, 0.3) is 11.4 Å². The Morgan fingerprint density at radius 2 is 1.76 bits per heavy atom. The molecule has 6 heteroatoms. The molecule has 0 saturated carbocycles. The first-order valence-corrected chi connectivity index (χ1v) is 6.28. The molecule has 2 N–H and O–H groups in total. The number of rotatable bonds is 3. The molecule has 0 radical (unpaired) electrons. The summed E-state index contributed by atoms with van der Waals surface area (Å²) in [6.07, 6.45) is 0. The van der Waals surface area contributed by atoms with Crippen molar-refractivity contribution in [2.24, 2.45) is 0 Å². The summed E-state index contributed by atoms with van der Waals surface area (Å²) >= 11 is 0. The van der Waals surface area contributed by atoms with Gasteiger partial charge in [-0.2, -0.15) is 4.98 Å². The number of hydrogen-bond donors (Lipinski definition) is 2. The van der Waals surface area contributed by atoms with Crippen LogP contribution in [-0.2, 0) is 0 Å². The van der Waals surface area contributed by atoms with Crippen LogP contribution in [0.1, 0.15) is 10.4 Å². The molecular weight excluding hydrogens is 271 g/mol. The number of carbonyl (C=O) groups excluding carboxylic acids is 1. The maximum absolute atomic E-state index is 13.5. The number of amides is 1. The number of carbonyl (C=O) groups is 1. The fourth-order valence-corrected chi connectivity index (χ4v) is 1.86. The number of aromatic nitrogens is 3. The molecule has 0 spiro atoms. The molecule has 21 heavy (non-hydrogen) atoms. The molecule has 0 saturated heterocycles. The predicted molar refractivity (Wildman–Crippen MR) is 76.2 cm³/mol. The van der Waals surface area contributed by atoms with E-state index in [1.54, 1.807) is 6.07 Å². The van der Waals surface area contributed by atoms with Crippen molar-refractivity contribution in [3.63, 3.8) is 0 Å². The second-order valence-corrected chi connectivity index (χ2v) is 4.31. The van der Waals surface area contributed by atoms with Gasteiger partial charge in [0.05, 0.1) is 5.56 Å². The molecule has 5 nitrogen and oxygen atoms in total. The molecular formula is C15H11FN4O. The Bertz CT molecular complexity index is 770. The number of hydrogen-bond acceptors (Lipinski definition) is 3. The summed E-state index contributed by atoms with van der Waals surface area (Å²) in [5.41, 5.74) is 0.792. The number of H-pyrrole nitrogens is 1. The zero-order chi connectivity index (χ0) is 14.7. The van der Waals surface area contributed by atoms with E-state index in [4.69, 9.17) is 0 Å². The Hall–Kier alpha value is -3.02. The van der Waals surface area contributed by atoms with Gasteiger partial charge in [-0.1, -0.05) is 42.5 Å². The van der Waals surface area contributed by atoms with Gasteiger partial charge in [-0.15, -0.1) is 5.10 Å². The molecule has 1 heterocycles. The van der Waals surface area contributed by atoms with Gasteiger partial charge in [0.1, 0.15) is 5.82 Å². The van der Waals surface area contributed by atoms with Crippen LogP contribution in [0.5, 0.6) is 0 Å². The molecule has 1 aromatic heterocycles. The van der Waals surface area contributed by atoms with Crippen LogP contribution >= 0.6 is 0 Å². The van der Waals surface area contributed by atoms with Crippen molar-refractivity contribution in [3.05, 3.63) is 66.0 Å². The van der Waals surface area contributed by atoms with Crippen LogP contribution in [-0.4, -0.2) is 21.1 Å². The first-order valence-electron chi connectivity index (χ1n) is 6.28. The number of anilines is 1. The van der Waals surface area contributed by atoms with Gasteiger partial charge >= 0.3 is 0 Å². The average molecular weight is 282 g/mol. The third kappa shape index (κ3) is 2.79. The SMILES string of the molecule is O=C(Nc1n[nH]c(-c2ccccc2)n1)c1ccccc1F. The highest BCUT2D eigenvalue weighted by Gasteiger charge is 2.13. The molecule has 1 amide bonds. The lowest BCUT2D eigenvalue weighted by atomic mass is 10.2. The molecule has 0 bridgehead atoms. The van der Waals surface area contributed by atoms with Crippen LogP contribution in [0.3, 0.4) is 0 Å².